The molecule has 0 saturated carbocycles. The minimum atomic E-state index is -0.133. The highest BCUT2D eigenvalue weighted by Crippen LogP contribution is 2.09. The number of aromatic nitrogens is 2. The molecule has 0 bridgehead atoms. The van der Waals surface area contributed by atoms with Gasteiger partial charge in [0.2, 0.25) is 0 Å². The summed E-state index contributed by atoms with van der Waals surface area (Å²) in [4.78, 5) is 19.5. The van der Waals surface area contributed by atoms with E-state index >= 15 is 0 Å². The van der Waals surface area contributed by atoms with Gasteiger partial charge in [-0.2, -0.15) is 0 Å². The Morgan fingerprint density at radius 1 is 1.41 bits per heavy atom. The maximum absolute atomic E-state index is 11.7. The van der Waals surface area contributed by atoms with Crippen molar-refractivity contribution >= 4 is 18.3 Å². The van der Waals surface area contributed by atoms with Crippen LogP contribution in [0.5, 0.6) is 0 Å². The summed E-state index contributed by atoms with van der Waals surface area (Å²) in [5.41, 5.74) is 0.386. The maximum atomic E-state index is 11.7. The minimum Gasteiger partial charge on any atom is -0.350 e. The predicted molar refractivity (Wildman–Crippen MR) is 67.2 cm³/mol. The Morgan fingerprint density at radius 3 is 2.82 bits per heavy atom. The zero-order chi connectivity index (χ0) is 11.2. The molecule has 17 heavy (non-hydrogen) atoms. The van der Waals surface area contributed by atoms with Crippen LogP contribution in [0.15, 0.2) is 18.6 Å². The van der Waals surface area contributed by atoms with Crippen molar-refractivity contribution in [1.29, 1.82) is 0 Å². The van der Waals surface area contributed by atoms with Crippen molar-refractivity contribution in [2.45, 2.75) is 12.8 Å². The summed E-state index contributed by atoms with van der Waals surface area (Å²) in [6.07, 6.45) is 6.82. The SMILES string of the molecule is Cl.O=C(NCC1CCNCC1)c1cnccn1. The molecule has 94 valence electrons. The zero-order valence-corrected chi connectivity index (χ0v) is 10.4. The van der Waals surface area contributed by atoms with Crippen LogP contribution in [0.4, 0.5) is 0 Å². The normalized spacial score (nSPS) is 16.0. The van der Waals surface area contributed by atoms with Crippen LogP contribution in [0.2, 0.25) is 0 Å². The quantitative estimate of drug-likeness (QED) is 0.833. The van der Waals surface area contributed by atoms with E-state index in [4.69, 9.17) is 0 Å². The molecule has 0 unspecified atom stereocenters. The number of hydrogen-bond donors (Lipinski definition) is 2. The molecule has 2 rings (SSSR count). The smallest absolute Gasteiger partial charge is 0.271 e. The third-order valence-corrected chi connectivity index (χ3v) is 2.81. The molecule has 6 heteroatoms. The molecule has 1 saturated heterocycles. The van der Waals surface area contributed by atoms with Crippen LogP contribution in [0.1, 0.15) is 23.3 Å². The van der Waals surface area contributed by atoms with Crippen LogP contribution in [0, 0.1) is 5.92 Å². The van der Waals surface area contributed by atoms with Gasteiger partial charge >= 0.3 is 0 Å². The van der Waals surface area contributed by atoms with E-state index in [9.17, 15) is 4.79 Å². The lowest BCUT2D eigenvalue weighted by Crippen LogP contribution is -2.36. The Bertz CT molecular complexity index is 341. The molecule has 5 nitrogen and oxygen atoms in total. The second-order valence-corrected chi connectivity index (χ2v) is 3.99. The van der Waals surface area contributed by atoms with Gasteiger partial charge in [0, 0.05) is 18.9 Å². The lowest BCUT2D eigenvalue weighted by molar-refractivity contribution is 0.0939. The van der Waals surface area contributed by atoms with E-state index in [0.29, 0.717) is 11.6 Å². The average molecular weight is 257 g/mol. The minimum absolute atomic E-state index is 0. The first-order valence-corrected chi connectivity index (χ1v) is 5.61. The van der Waals surface area contributed by atoms with Crippen LogP contribution < -0.4 is 10.6 Å². The van der Waals surface area contributed by atoms with Crippen LogP contribution in [-0.2, 0) is 0 Å². The van der Waals surface area contributed by atoms with Crippen molar-refractivity contribution in [3.8, 4) is 0 Å². The number of nitrogens with one attached hydrogen (secondary N) is 2. The maximum Gasteiger partial charge on any atom is 0.271 e. The Hall–Kier alpha value is -1.20. The van der Waals surface area contributed by atoms with E-state index in [1.165, 1.54) is 12.4 Å². The van der Waals surface area contributed by atoms with Crippen molar-refractivity contribution in [2.24, 2.45) is 5.92 Å². The van der Waals surface area contributed by atoms with E-state index in [2.05, 4.69) is 20.6 Å². The molecule has 0 radical (unpaired) electrons. The molecule has 0 aliphatic carbocycles. The number of amides is 1. The second kappa shape index (κ2) is 7.19. The number of carbonyl (C=O) groups is 1. The largest absolute Gasteiger partial charge is 0.350 e. The van der Waals surface area contributed by atoms with Crippen LogP contribution in [0.3, 0.4) is 0 Å². The van der Waals surface area contributed by atoms with Crippen molar-refractivity contribution in [3.05, 3.63) is 24.3 Å². The molecule has 1 amide bonds. The second-order valence-electron chi connectivity index (χ2n) is 3.99. The predicted octanol–water partition coefficient (Wildman–Crippen LogP) is 0.628. The number of carbonyl (C=O) groups excluding carboxylic acids is 1. The Kier molecular flexibility index (Phi) is 5.86. The Balaban J connectivity index is 0.00000144. The van der Waals surface area contributed by atoms with E-state index in [1.54, 1.807) is 6.20 Å². The van der Waals surface area contributed by atoms with Gasteiger partial charge in [-0.3, -0.25) is 9.78 Å². The number of nitrogens with zero attached hydrogens (tertiary/aromatic N) is 2. The number of hydrogen-bond acceptors (Lipinski definition) is 4. The molecular formula is C11H17ClN4O. The standard InChI is InChI=1S/C11H16N4O.ClH/c16-11(10-8-13-5-6-14-10)15-7-9-1-3-12-4-2-9;/h5-6,8-9,12H,1-4,7H2,(H,15,16);1H. The third kappa shape index (κ3) is 4.28. The van der Waals surface area contributed by atoms with E-state index in [1.807, 2.05) is 0 Å². The summed E-state index contributed by atoms with van der Waals surface area (Å²) in [7, 11) is 0. The zero-order valence-electron chi connectivity index (χ0n) is 9.56. The topological polar surface area (TPSA) is 66.9 Å². The summed E-state index contributed by atoms with van der Waals surface area (Å²) >= 11 is 0. The molecule has 1 aromatic heterocycles. The summed E-state index contributed by atoms with van der Waals surface area (Å²) < 4.78 is 0. The Labute approximate surface area is 107 Å². The number of piperidine rings is 1. The molecular weight excluding hydrogens is 240 g/mol. The molecule has 1 aromatic rings. The van der Waals surface area contributed by atoms with Crippen molar-refractivity contribution in [1.82, 2.24) is 20.6 Å². The van der Waals surface area contributed by atoms with Crippen LogP contribution in [-0.4, -0.2) is 35.5 Å². The molecule has 0 spiro atoms. The van der Waals surface area contributed by atoms with Gasteiger partial charge in [0.05, 0.1) is 6.20 Å². The highest BCUT2D eigenvalue weighted by molar-refractivity contribution is 5.91. The van der Waals surface area contributed by atoms with Gasteiger partial charge < -0.3 is 10.6 Å². The summed E-state index contributed by atoms with van der Waals surface area (Å²) in [6, 6.07) is 0. The van der Waals surface area contributed by atoms with Gasteiger partial charge in [0.15, 0.2) is 0 Å². The van der Waals surface area contributed by atoms with E-state index in [-0.39, 0.29) is 18.3 Å². The Morgan fingerprint density at radius 2 is 2.18 bits per heavy atom. The van der Waals surface area contributed by atoms with E-state index in [0.717, 1.165) is 32.5 Å². The molecule has 0 atom stereocenters. The van der Waals surface area contributed by atoms with Crippen molar-refractivity contribution < 1.29 is 4.79 Å². The summed E-state index contributed by atoms with van der Waals surface area (Å²) in [5.74, 6) is 0.452. The number of rotatable bonds is 3. The molecule has 2 N–H and O–H groups in total. The van der Waals surface area contributed by atoms with E-state index < -0.39 is 0 Å². The highest BCUT2D eigenvalue weighted by Gasteiger charge is 2.14. The fourth-order valence-corrected chi connectivity index (χ4v) is 1.83. The van der Waals surface area contributed by atoms with Gasteiger partial charge in [0.25, 0.3) is 5.91 Å². The third-order valence-electron chi connectivity index (χ3n) is 2.81. The van der Waals surface area contributed by atoms with Gasteiger partial charge in [0.1, 0.15) is 5.69 Å². The lowest BCUT2D eigenvalue weighted by atomic mass is 9.98. The fourth-order valence-electron chi connectivity index (χ4n) is 1.83. The van der Waals surface area contributed by atoms with Gasteiger partial charge in [-0.05, 0) is 31.8 Å². The monoisotopic (exact) mass is 256 g/mol. The van der Waals surface area contributed by atoms with Crippen molar-refractivity contribution in [2.75, 3.05) is 19.6 Å². The summed E-state index contributed by atoms with van der Waals surface area (Å²) in [5, 5.41) is 6.20. The fraction of sp³-hybridized carbons (Fsp3) is 0.545. The van der Waals surface area contributed by atoms with Crippen LogP contribution >= 0.6 is 12.4 Å². The average Bonchev–Trinajstić information content (AvgIpc) is 2.38. The first-order valence-electron chi connectivity index (χ1n) is 5.61. The molecule has 1 aliphatic heterocycles. The first kappa shape index (κ1) is 13.9. The lowest BCUT2D eigenvalue weighted by Gasteiger charge is -2.22. The molecule has 2 heterocycles. The molecule has 1 aliphatic rings. The molecule has 0 aromatic carbocycles. The van der Waals surface area contributed by atoms with Crippen LogP contribution in [0.25, 0.3) is 0 Å². The van der Waals surface area contributed by atoms with Gasteiger partial charge in [-0.1, -0.05) is 0 Å². The molecule has 1 fully saturated rings. The summed E-state index contributed by atoms with van der Waals surface area (Å²) in [6.45, 7) is 2.83. The van der Waals surface area contributed by atoms with Gasteiger partial charge in [-0.25, -0.2) is 4.98 Å². The first-order chi connectivity index (χ1) is 7.86. The van der Waals surface area contributed by atoms with Crippen molar-refractivity contribution in [3.63, 3.8) is 0 Å². The van der Waals surface area contributed by atoms with Gasteiger partial charge in [-0.15, -0.1) is 12.4 Å². The number of halogens is 1. The highest BCUT2D eigenvalue weighted by atomic mass is 35.5.